The SMILES string of the molecule is O/C(=C\c1cnccn1)c1ccccc1. The van der Waals surface area contributed by atoms with Crippen LogP contribution in [0.3, 0.4) is 0 Å². The first kappa shape index (κ1) is 9.40. The van der Waals surface area contributed by atoms with E-state index in [9.17, 15) is 5.11 Å². The quantitative estimate of drug-likeness (QED) is 0.754. The molecule has 2 rings (SSSR count). The normalized spacial score (nSPS) is 11.3. The second-order valence-electron chi connectivity index (χ2n) is 3.03. The fourth-order valence-electron chi connectivity index (χ4n) is 1.22. The largest absolute Gasteiger partial charge is 0.507 e. The van der Waals surface area contributed by atoms with Crippen molar-refractivity contribution in [3.63, 3.8) is 0 Å². The fourth-order valence-corrected chi connectivity index (χ4v) is 1.22. The van der Waals surface area contributed by atoms with Crippen LogP contribution in [-0.4, -0.2) is 15.1 Å². The Morgan fingerprint density at radius 1 is 1.13 bits per heavy atom. The molecule has 0 radical (unpaired) electrons. The molecule has 0 unspecified atom stereocenters. The van der Waals surface area contributed by atoms with Gasteiger partial charge < -0.3 is 5.11 Å². The second-order valence-corrected chi connectivity index (χ2v) is 3.03. The molecule has 1 aromatic heterocycles. The predicted octanol–water partition coefficient (Wildman–Crippen LogP) is 2.53. The molecule has 15 heavy (non-hydrogen) atoms. The number of rotatable bonds is 2. The van der Waals surface area contributed by atoms with E-state index < -0.39 is 0 Å². The van der Waals surface area contributed by atoms with Gasteiger partial charge in [-0.1, -0.05) is 30.3 Å². The molecule has 74 valence electrons. The van der Waals surface area contributed by atoms with Gasteiger partial charge in [-0.05, 0) is 0 Å². The first-order chi connectivity index (χ1) is 7.36. The Hall–Kier alpha value is -2.16. The van der Waals surface area contributed by atoms with Gasteiger partial charge in [0.05, 0.1) is 11.9 Å². The lowest BCUT2D eigenvalue weighted by molar-refractivity contribution is 0.515. The van der Waals surface area contributed by atoms with E-state index in [4.69, 9.17) is 0 Å². The third kappa shape index (κ3) is 2.40. The number of hydrogen-bond donors (Lipinski definition) is 1. The van der Waals surface area contributed by atoms with Gasteiger partial charge in [0.2, 0.25) is 0 Å². The number of hydrogen-bond acceptors (Lipinski definition) is 3. The van der Waals surface area contributed by atoms with E-state index in [1.54, 1.807) is 24.7 Å². The van der Waals surface area contributed by atoms with E-state index >= 15 is 0 Å². The molecule has 0 bridgehead atoms. The molecular formula is C12H10N2O. The molecule has 1 heterocycles. The number of aromatic nitrogens is 2. The van der Waals surface area contributed by atoms with Crippen molar-refractivity contribution in [1.82, 2.24) is 9.97 Å². The molecule has 0 spiro atoms. The summed E-state index contributed by atoms with van der Waals surface area (Å²) >= 11 is 0. The van der Waals surface area contributed by atoms with Crippen LogP contribution < -0.4 is 0 Å². The Kier molecular flexibility index (Phi) is 2.74. The van der Waals surface area contributed by atoms with Crippen molar-refractivity contribution in [3.05, 3.63) is 60.2 Å². The van der Waals surface area contributed by atoms with Crippen molar-refractivity contribution in [1.29, 1.82) is 0 Å². The Labute approximate surface area is 87.8 Å². The minimum Gasteiger partial charge on any atom is -0.507 e. The Balaban J connectivity index is 2.29. The van der Waals surface area contributed by atoms with E-state index in [-0.39, 0.29) is 5.76 Å². The van der Waals surface area contributed by atoms with Crippen molar-refractivity contribution in [2.75, 3.05) is 0 Å². The summed E-state index contributed by atoms with van der Waals surface area (Å²) < 4.78 is 0. The first-order valence-electron chi connectivity index (χ1n) is 4.58. The Morgan fingerprint density at radius 2 is 1.93 bits per heavy atom. The maximum Gasteiger partial charge on any atom is 0.125 e. The van der Waals surface area contributed by atoms with Gasteiger partial charge in [0, 0.05) is 24.0 Å². The summed E-state index contributed by atoms with van der Waals surface area (Å²) in [5, 5.41) is 9.77. The summed E-state index contributed by atoms with van der Waals surface area (Å²) in [6.45, 7) is 0. The third-order valence-electron chi connectivity index (χ3n) is 1.94. The number of aliphatic hydroxyl groups is 1. The molecule has 0 fully saturated rings. The summed E-state index contributed by atoms with van der Waals surface area (Å²) in [6.07, 6.45) is 6.36. The van der Waals surface area contributed by atoms with Gasteiger partial charge in [0.1, 0.15) is 5.76 Å². The van der Waals surface area contributed by atoms with Crippen LogP contribution in [0.15, 0.2) is 48.9 Å². The standard InChI is InChI=1S/C12H10N2O/c15-12(10-4-2-1-3-5-10)8-11-9-13-6-7-14-11/h1-9,15H/b12-8-. The van der Waals surface area contributed by atoms with Crippen LogP contribution in [0.25, 0.3) is 11.8 Å². The van der Waals surface area contributed by atoms with Crippen molar-refractivity contribution in [2.45, 2.75) is 0 Å². The smallest absolute Gasteiger partial charge is 0.125 e. The van der Waals surface area contributed by atoms with Gasteiger partial charge in [-0.15, -0.1) is 0 Å². The van der Waals surface area contributed by atoms with Crippen LogP contribution in [0.5, 0.6) is 0 Å². The molecule has 0 aliphatic carbocycles. The van der Waals surface area contributed by atoms with Crippen LogP contribution in [0.4, 0.5) is 0 Å². The molecule has 0 amide bonds. The predicted molar refractivity (Wildman–Crippen MR) is 59.0 cm³/mol. The van der Waals surface area contributed by atoms with Gasteiger partial charge in [-0.25, -0.2) is 0 Å². The van der Waals surface area contributed by atoms with Crippen molar-refractivity contribution in [2.24, 2.45) is 0 Å². The zero-order chi connectivity index (χ0) is 10.5. The first-order valence-corrected chi connectivity index (χ1v) is 4.58. The molecule has 1 aromatic carbocycles. The zero-order valence-electron chi connectivity index (χ0n) is 8.04. The second kappa shape index (κ2) is 4.37. The monoisotopic (exact) mass is 198 g/mol. The highest BCUT2D eigenvalue weighted by molar-refractivity contribution is 5.74. The molecule has 3 nitrogen and oxygen atoms in total. The maximum atomic E-state index is 9.77. The molecule has 0 saturated carbocycles. The highest BCUT2D eigenvalue weighted by atomic mass is 16.3. The van der Waals surface area contributed by atoms with Gasteiger partial charge >= 0.3 is 0 Å². The molecular weight excluding hydrogens is 188 g/mol. The minimum atomic E-state index is 0.191. The summed E-state index contributed by atoms with van der Waals surface area (Å²) in [7, 11) is 0. The van der Waals surface area contributed by atoms with Crippen molar-refractivity contribution >= 4 is 11.8 Å². The lowest BCUT2D eigenvalue weighted by atomic mass is 10.2. The lowest BCUT2D eigenvalue weighted by Gasteiger charge is -1.98. The summed E-state index contributed by atoms with van der Waals surface area (Å²) in [5.41, 5.74) is 1.40. The minimum absolute atomic E-state index is 0.191. The molecule has 0 saturated heterocycles. The fraction of sp³-hybridized carbons (Fsp3) is 0. The molecule has 1 N–H and O–H groups in total. The van der Waals surface area contributed by atoms with Crippen LogP contribution >= 0.6 is 0 Å². The van der Waals surface area contributed by atoms with Gasteiger partial charge in [0.25, 0.3) is 0 Å². The van der Waals surface area contributed by atoms with E-state index in [1.165, 1.54) is 0 Å². The zero-order valence-corrected chi connectivity index (χ0v) is 8.04. The van der Waals surface area contributed by atoms with Crippen molar-refractivity contribution < 1.29 is 5.11 Å². The summed E-state index contributed by atoms with van der Waals surface area (Å²) in [5.74, 6) is 0.191. The molecule has 3 heteroatoms. The average molecular weight is 198 g/mol. The maximum absolute atomic E-state index is 9.77. The van der Waals surface area contributed by atoms with Gasteiger partial charge in [-0.2, -0.15) is 0 Å². The summed E-state index contributed by atoms with van der Waals surface area (Å²) in [4.78, 5) is 7.96. The Bertz CT molecular complexity index is 452. The van der Waals surface area contributed by atoms with Crippen LogP contribution in [0, 0.1) is 0 Å². The van der Waals surface area contributed by atoms with E-state index in [2.05, 4.69) is 9.97 Å². The van der Waals surface area contributed by atoms with E-state index in [0.717, 1.165) is 5.56 Å². The molecule has 2 aromatic rings. The lowest BCUT2D eigenvalue weighted by Crippen LogP contribution is -1.85. The molecule has 0 aliphatic heterocycles. The summed E-state index contributed by atoms with van der Waals surface area (Å²) in [6, 6.07) is 9.32. The third-order valence-corrected chi connectivity index (χ3v) is 1.94. The number of benzene rings is 1. The molecule has 0 aliphatic rings. The Morgan fingerprint density at radius 3 is 2.60 bits per heavy atom. The highest BCUT2D eigenvalue weighted by Crippen LogP contribution is 2.12. The number of nitrogens with zero attached hydrogens (tertiary/aromatic N) is 2. The molecule has 0 atom stereocenters. The van der Waals surface area contributed by atoms with Crippen LogP contribution in [0.2, 0.25) is 0 Å². The number of aliphatic hydroxyl groups excluding tert-OH is 1. The van der Waals surface area contributed by atoms with Crippen LogP contribution in [0.1, 0.15) is 11.3 Å². The van der Waals surface area contributed by atoms with Crippen molar-refractivity contribution in [3.8, 4) is 0 Å². The van der Waals surface area contributed by atoms with Gasteiger partial charge in [0.15, 0.2) is 0 Å². The average Bonchev–Trinajstić information content (AvgIpc) is 2.31. The van der Waals surface area contributed by atoms with Gasteiger partial charge in [-0.3, -0.25) is 9.97 Å². The van der Waals surface area contributed by atoms with E-state index in [0.29, 0.717) is 5.69 Å². The highest BCUT2D eigenvalue weighted by Gasteiger charge is 1.97. The topological polar surface area (TPSA) is 46.0 Å². The van der Waals surface area contributed by atoms with E-state index in [1.807, 2.05) is 30.3 Å². The van der Waals surface area contributed by atoms with Crippen LogP contribution in [-0.2, 0) is 0 Å².